The lowest BCUT2D eigenvalue weighted by molar-refractivity contribution is -0.151. The second kappa shape index (κ2) is 8.21. The first kappa shape index (κ1) is 18.2. The largest absolute Gasteiger partial charge is 0.497 e. The number of hydrogen-bond donors (Lipinski definition) is 0. The van der Waals surface area contributed by atoms with Gasteiger partial charge in [0.25, 0.3) is 5.91 Å². The van der Waals surface area contributed by atoms with Crippen LogP contribution in [0, 0.1) is 5.92 Å². The number of ether oxygens (including phenoxy) is 2. The van der Waals surface area contributed by atoms with Gasteiger partial charge in [-0.15, -0.1) is 0 Å². The van der Waals surface area contributed by atoms with Gasteiger partial charge in [0.05, 0.1) is 25.8 Å². The first-order valence-electron chi connectivity index (χ1n) is 8.82. The highest BCUT2D eigenvalue weighted by Gasteiger charge is 2.35. The van der Waals surface area contributed by atoms with Gasteiger partial charge in [0.2, 0.25) is 6.10 Å². The van der Waals surface area contributed by atoms with Crippen LogP contribution in [0.2, 0.25) is 0 Å². The van der Waals surface area contributed by atoms with Gasteiger partial charge in [0, 0.05) is 25.9 Å². The monoisotopic (exact) mass is 360 g/mol. The molecule has 0 aliphatic carbocycles. The minimum absolute atomic E-state index is 0.0577. The molecule has 0 bridgehead atoms. The number of carbonyl (C=O) groups excluding carboxylic acids is 2. The molecular weight excluding hydrogens is 336 g/mol. The number of oxime groups is 1. The molecule has 1 fully saturated rings. The quantitative estimate of drug-likeness (QED) is 0.748. The van der Waals surface area contributed by atoms with E-state index in [0.717, 1.165) is 17.0 Å². The van der Waals surface area contributed by atoms with Crippen molar-refractivity contribution in [2.45, 2.75) is 31.8 Å². The molecule has 1 aromatic rings. The van der Waals surface area contributed by atoms with Gasteiger partial charge in [-0.2, -0.15) is 0 Å². The van der Waals surface area contributed by atoms with Crippen LogP contribution in [0.1, 0.15) is 24.8 Å². The van der Waals surface area contributed by atoms with Crippen molar-refractivity contribution in [2.24, 2.45) is 11.1 Å². The molecule has 1 aromatic carbocycles. The average Bonchev–Trinajstić information content (AvgIpc) is 3.15. The van der Waals surface area contributed by atoms with E-state index in [4.69, 9.17) is 14.3 Å². The van der Waals surface area contributed by atoms with Crippen LogP contribution in [-0.4, -0.2) is 55.9 Å². The molecule has 0 N–H and O–H groups in total. The minimum Gasteiger partial charge on any atom is -0.497 e. The van der Waals surface area contributed by atoms with Gasteiger partial charge in [0.1, 0.15) is 5.75 Å². The highest BCUT2D eigenvalue weighted by molar-refractivity contribution is 5.94. The van der Waals surface area contributed by atoms with E-state index in [-0.39, 0.29) is 17.8 Å². The molecule has 2 aliphatic rings. The molecule has 1 amide bonds. The van der Waals surface area contributed by atoms with Crippen molar-refractivity contribution in [3.05, 3.63) is 29.8 Å². The van der Waals surface area contributed by atoms with Crippen LogP contribution in [0.3, 0.4) is 0 Å². The van der Waals surface area contributed by atoms with Gasteiger partial charge >= 0.3 is 5.97 Å². The third-order valence-corrected chi connectivity index (χ3v) is 4.89. The normalized spacial score (nSPS) is 20.3. The van der Waals surface area contributed by atoms with Gasteiger partial charge in [-0.25, -0.2) is 0 Å². The lowest BCUT2D eigenvalue weighted by Gasteiger charge is -2.31. The van der Waals surface area contributed by atoms with Crippen molar-refractivity contribution in [1.82, 2.24) is 4.90 Å². The van der Waals surface area contributed by atoms with Crippen molar-refractivity contribution in [3.63, 3.8) is 0 Å². The van der Waals surface area contributed by atoms with Gasteiger partial charge in [-0.05, 0) is 30.5 Å². The Hall–Kier alpha value is -2.57. The zero-order valence-electron chi connectivity index (χ0n) is 15.1. The van der Waals surface area contributed by atoms with Gasteiger partial charge in [0.15, 0.2) is 0 Å². The number of likely N-dealkylation sites (tertiary alicyclic amines) is 1. The number of piperidine rings is 1. The smallest absolute Gasteiger partial charge is 0.308 e. The maximum Gasteiger partial charge on any atom is 0.308 e. The molecule has 1 atom stereocenters. The molecule has 7 heteroatoms. The molecule has 7 nitrogen and oxygen atoms in total. The second-order valence-electron chi connectivity index (χ2n) is 6.61. The van der Waals surface area contributed by atoms with Crippen LogP contribution in [0.4, 0.5) is 0 Å². The summed E-state index contributed by atoms with van der Waals surface area (Å²) in [4.78, 5) is 31.4. The summed E-state index contributed by atoms with van der Waals surface area (Å²) in [6, 6.07) is 7.77. The van der Waals surface area contributed by atoms with Crippen LogP contribution in [0.15, 0.2) is 29.4 Å². The minimum atomic E-state index is -0.565. The lowest BCUT2D eigenvalue weighted by atomic mass is 9.96. The third-order valence-electron chi connectivity index (χ3n) is 4.89. The second-order valence-corrected chi connectivity index (χ2v) is 6.61. The summed E-state index contributed by atoms with van der Waals surface area (Å²) in [7, 11) is 3.03. The van der Waals surface area contributed by atoms with Gasteiger partial charge < -0.3 is 19.2 Å². The molecule has 140 valence electrons. The van der Waals surface area contributed by atoms with Crippen molar-refractivity contribution >= 4 is 17.6 Å². The molecule has 0 saturated carbocycles. The van der Waals surface area contributed by atoms with Gasteiger partial charge in [-0.1, -0.05) is 17.3 Å². The number of amides is 1. The van der Waals surface area contributed by atoms with Crippen LogP contribution in [-0.2, 0) is 25.6 Å². The van der Waals surface area contributed by atoms with Crippen LogP contribution >= 0.6 is 0 Å². The van der Waals surface area contributed by atoms with Crippen LogP contribution in [0.5, 0.6) is 5.75 Å². The highest BCUT2D eigenvalue weighted by atomic mass is 16.6. The number of nitrogens with zero attached hydrogens (tertiary/aromatic N) is 2. The fraction of sp³-hybridized carbons (Fsp3) is 0.526. The third kappa shape index (κ3) is 4.15. The summed E-state index contributed by atoms with van der Waals surface area (Å²) in [6.45, 7) is 1.09. The zero-order chi connectivity index (χ0) is 18.5. The Morgan fingerprint density at radius 3 is 2.73 bits per heavy atom. The molecule has 3 rings (SSSR count). The summed E-state index contributed by atoms with van der Waals surface area (Å²) >= 11 is 0. The van der Waals surface area contributed by atoms with E-state index in [1.54, 1.807) is 12.0 Å². The van der Waals surface area contributed by atoms with Crippen LogP contribution in [0.25, 0.3) is 0 Å². The molecular formula is C19H24N2O5. The molecule has 26 heavy (non-hydrogen) atoms. The van der Waals surface area contributed by atoms with E-state index in [0.29, 0.717) is 38.8 Å². The first-order valence-corrected chi connectivity index (χ1v) is 8.82. The summed E-state index contributed by atoms with van der Waals surface area (Å²) in [6.07, 6.45) is 1.81. The topological polar surface area (TPSA) is 77.4 Å². The summed E-state index contributed by atoms with van der Waals surface area (Å²) in [5.74, 6) is 0.423. The number of benzene rings is 1. The van der Waals surface area contributed by atoms with E-state index >= 15 is 0 Å². The zero-order valence-corrected chi connectivity index (χ0v) is 15.1. The van der Waals surface area contributed by atoms with E-state index in [1.807, 2.05) is 24.3 Å². The SMILES string of the molecule is COC(=O)C1CCN(C(=O)C2CC(Cc3cccc(OC)c3)=NO2)CC1. The Morgan fingerprint density at radius 1 is 1.27 bits per heavy atom. The lowest BCUT2D eigenvalue weighted by Crippen LogP contribution is -2.45. The standard InChI is InChI=1S/C19H24N2O5/c1-24-16-5-3-4-13(11-16)10-15-12-17(26-20-15)18(22)21-8-6-14(7-9-21)19(23)25-2/h3-5,11,14,17H,6-10,12H2,1-2H3. The molecule has 0 radical (unpaired) electrons. The summed E-state index contributed by atoms with van der Waals surface area (Å²) < 4.78 is 10.0. The van der Waals surface area contributed by atoms with E-state index in [1.165, 1.54) is 7.11 Å². The molecule has 0 spiro atoms. The van der Waals surface area contributed by atoms with Gasteiger partial charge in [-0.3, -0.25) is 9.59 Å². The number of rotatable bonds is 5. The van der Waals surface area contributed by atoms with Crippen LogP contribution < -0.4 is 4.74 Å². The van der Waals surface area contributed by atoms with E-state index < -0.39 is 6.10 Å². The first-order chi connectivity index (χ1) is 12.6. The van der Waals surface area contributed by atoms with Crippen molar-refractivity contribution < 1.29 is 23.9 Å². The summed E-state index contributed by atoms with van der Waals surface area (Å²) in [5, 5.41) is 4.09. The number of carbonyl (C=O) groups is 2. The van der Waals surface area contributed by atoms with Crippen molar-refractivity contribution in [3.8, 4) is 5.75 Å². The van der Waals surface area contributed by atoms with Crippen molar-refractivity contribution in [1.29, 1.82) is 0 Å². The fourth-order valence-electron chi connectivity index (χ4n) is 3.39. The van der Waals surface area contributed by atoms with Crippen molar-refractivity contribution in [2.75, 3.05) is 27.3 Å². The maximum absolute atomic E-state index is 12.6. The number of hydrogen-bond acceptors (Lipinski definition) is 6. The molecule has 1 unspecified atom stereocenters. The van der Waals surface area contributed by atoms with E-state index in [9.17, 15) is 9.59 Å². The predicted molar refractivity (Wildman–Crippen MR) is 94.9 cm³/mol. The predicted octanol–water partition coefficient (Wildman–Crippen LogP) is 1.79. The average molecular weight is 360 g/mol. The molecule has 2 aliphatic heterocycles. The molecule has 2 heterocycles. The Labute approximate surface area is 152 Å². The molecule has 0 aromatic heterocycles. The molecule has 1 saturated heterocycles. The Morgan fingerprint density at radius 2 is 2.04 bits per heavy atom. The van der Waals surface area contributed by atoms with E-state index in [2.05, 4.69) is 5.16 Å². The maximum atomic E-state index is 12.6. The number of esters is 1. The Bertz CT molecular complexity index is 695. The highest BCUT2D eigenvalue weighted by Crippen LogP contribution is 2.23. The Balaban J connectivity index is 1.50. The summed E-state index contributed by atoms with van der Waals surface area (Å²) in [5.41, 5.74) is 1.92. The fourth-order valence-corrected chi connectivity index (χ4v) is 3.39. The Kier molecular flexibility index (Phi) is 5.75. The number of methoxy groups -OCH3 is 2.